The average Bonchev–Trinajstić information content (AvgIpc) is 2.61. The van der Waals surface area contributed by atoms with Gasteiger partial charge in [0.25, 0.3) is 0 Å². The van der Waals surface area contributed by atoms with Gasteiger partial charge in [0.15, 0.2) is 5.82 Å². The van der Waals surface area contributed by atoms with E-state index in [1.165, 1.54) is 11.1 Å². The molecule has 96 valence electrons. The number of nitrogen functional groups attached to an aromatic ring is 1. The van der Waals surface area contributed by atoms with E-state index in [0.29, 0.717) is 0 Å². The van der Waals surface area contributed by atoms with E-state index in [9.17, 15) is 0 Å². The van der Waals surface area contributed by atoms with Crippen molar-refractivity contribution in [1.82, 2.24) is 9.78 Å². The zero-order valence-corrected chi connectivity index (χ0v) is 11.4. The molecule has 0 amide bonds. The molecule has 4 nitrogen and oxygen atoms in total. The van der Waals surface area contributed by atoms with Crippen molar-refractivity contribution in [3.8, 4) is 0 Å². The monoisotopic (exact) mass is 244 g/mol. The summed E-state index contributed by atoms with van der Waals surface area (Å²) in [5.74, 6) is 0.862. The molecule has 1 heterocycles. The number of nitrogens with zero attached hydrogens (tertiary/aromatic N) is 2. The Hall–Kier alpha value is -1.97. The Morgan fingerprint density at radius 1 is 1.33 bits per heavy atom. The third-order valence-electron chi connectivity index (χ3n) is 3.14. The van der Waals surface area contributed by atoms with Gasteiger partial charge in [-0.05, 0) is 37.5 Å². The van der Waals surface area contributed by atoms with Crippen molar-refractivity contribution in [3.63, 3.8) is 0 Å². The number of anilines is 3. The maximum absolute atomic E-state index is 6.10. The summed E-state index contributed by atoms with van der Waals surface area (Å²) in [6, 6.07) is 6.32. The molecule has 0 saturated heterocycles. The van der Waals surface area contributed by atoms with Crippen LogP contribution in [0, 0.1) is 13.8 Å². The van der Waals surface area contributed by atoms with E-state index in [1.54, 1.807) is 4.68 Å². The largest absolute Gasteiger partial charge is 0.394 e. The van der Waals surface area contributed by atoms with Gasteiger partial charge in [-0.3, -0.25) is 4.68 Å². The second kappa shape index (κ2) is 4.72. The summed E-state index contributed by atoms with van der Waals surface area (Å²) in [5.41, 5.74) is 11.3. The molecule has 0 aliphatic heterocycles. The first kappa shape index (κ1) is 12.5. The van der Waals surface area contributed by atoms with E-state index < -0.39 is 0 Å². The molecular weight excluding hydrogens is 224 g/mol. The molecule has 0 aliphatic rings. The number of aryl methyl sites for hydroxylation is 4. The van der Waals surface area contributed by atoms with Crippen LogP contribution >= 0.6 is 0 Å². The summed E-state index contributed by atoms with van der Waals surface area (Å²) in [5, 5.41) is 7.79. The summed E-state index contributed by atoms with van der Waals surface area (Å²) in [7, 11) is 1.91. The highest BCUT2D eigenvalue weighted by Crippen LogP contribution is 2.28. The molecule has 0 atom stereocenters. The van der Waals surface area contributed by atoms with Crippen LogP contribution in [-0.2, 0) is 13.5 Å². The first-order chi connectivity index (χ1) is 8.52. The average molecular weight is 244 g/mol. The van der Waals surface area contributed by atoms with E-state index in [-0.39, 0.29) is 0 Å². The quantitative estimate of drug-likeness (QED) is 0.872. The SMILES string of the molecule is CCc1nn(C)c(Nc2cc(C)ccc2C)c1N. The van der Waals surface area contributed by atoms with Crippen LogP contribution in [0.5, 0.6) is 0 Å². The lowest BCUT2D eigenvalue weighted by Gasteiger charge is -2.11. The first-order valence-electron chi connectivity index (χ1n) is 6.18. The maximum atomic E-state index is 6.10. The highest BCUT2D eigenvalue weighted by molar-refractivity contribution is 5.72. The summed E-state index contributed by atoms with van der Waals surface area (Å²) in [4.78, 5) is 0. The van der Waals surface area contributed by atoms with Gasteiger partial charge in [-0.15, -0.1) is 0 Å². The minimum Gasteiger partial charge on any atom is -0.394 e. The second-order valence-corrected chi connectivity index (χ2v) is 4.63. The van der Waals surface area contributed by atoms with Crippen LogP contribution < -0.4 is 11.1 Å². The normalized spacial score (nSPS) is 10.7. The predicted octanol–water partition coefficient (Wildman–Crippen LogP) is 2.93. The van der Waals surface area contributed by atoms with E-state index in [4.69, 9.17) is 5.73 Å². The fraction of sp³-hybridized carbons (Fsp3) is 0.357. The Morgan fingerprint density at radius 2 is 2.06 bits per heavy atom. The second-order valence-electron chi connectivity index (χ2n) is 4.63. The number of hydrogen-bond acceptors (Lipinski definition) is 3. The Kier molecular flexibility index (Phi) is 3.28. The van der Waals surface area contributed by atoms with Crippen LogP contribution in [0.3, 0.4) is 0 Å². The molecule has 0 spiro atoms. The number of rotatable bonds is 3. The Morgan fingerprint density at radius 3 is 2.67 bits per heavy atom. The predicted molar refractivity (Wildman–Crippen MR) is 76.2 cm³/mol. The lowest BCUT2D eigenvalue weighted by Crippen LogP contribution is -2.02. The van der Waals surface area contributed by atoms with Gasteiger partial charge in [-0.25, -0.2) is 0 Å². The molecule has 0 fully saturated rings. The summed E-state index contributed by atoms with van der Waals surface area (Å²) in [6.45, 7) is 6.21. The molecule has 1 aromatic carbocycles. The van der Waals surface area contributed by atoms with Crippen LogP contribution in [0.2, 0.25) is 0 Å². The summed E-state index contributed by atoms with van der Waals surface area (Å²) >= 11 is 0. The molecule has 2 rings (SSSR count). The smallest absolute Gasteiger partial charge is 0.152 e. The molecule has 3 N–H and O–H groups in total. The van der Waals surface area contributed by atoms with Crippen LogP contribution in [0.4, 0.5) is 17.2 Å². The van der Waals surface area contributed by atoms with Crippen molar-refractivity contribution >= 4 is 17.2 Å². The first-order valence-corrected chi connectivity index (χ1v) is 6.18. The maximum Gasteiger partial charge on any atom is 0.152 e. The molecule has 0 bridgehead atoms. The van der Waals surface area contributed by atoms with Crippen molar-refractivity contribution in [2.75, 3.05) is 11.1 Å². The van der Waals surface area contributed by atoms with Crippen LogP contribution in [0.15, 0.2) is 18.2 Å². The van der Waals surface area contributed by atoms with Crippen LogP contribution in [0.1, 0.15) is 23.7 Å². The van der Waals surface area contributed by atoms with Crippen LogP contribution in [0.25, 0.3) is 0 Å². The van der Waals surface area contributed by atoms with Crippen molar-refractivity contribution in [1.29, 1.82) is 0 Å². The third-order valence-corrected chi connectivity index (χ3v) is 3.14. The summed E-state index contributed by atoms with van der Waals surface area (Å²) in [6.07, 6.45) is 0.841. The molecule has 1 aromatic heterocycles. The van der Waals surface area contributed by atoms with Gasteiger partial charge in [0.1, 0.15) is 0 Å². The van der Waals surface area contributed by atoms with Gasteiger partial charge in [-0.1, -0.05) is 19.1 Å². The molecule has 0 unspecified atom stereocenters. The molecular formula is C14H20N4. The van der Waals surface area contributed by atoms with E-state index in [0.717, 1.165) is 29.3 Å². The number of aromatic nitrogens is 2. The molecule has 0 saturated carbocycles. The van der Waals surface area contributed by atoms with Gasteiger partial charge in [0, 0.05) is 12.7 Å². The minimum atomic E-state index is 0.737. The molecule has 18 heavy (non-hydrogen) atoms. The molecule has 2 aromatic rings. The van der Waals surface area contributed by atoms with Crippen molar-refractivity contribution in [2.24, 2.45) is 7.05 Å². The van der Waals surface area contributed by atoms with Gasteiger partial charge in [-0.2, -0.15) is 5.10 Å². The lowest BCUT2D eigenvalue weighted by molar-refractivity contribution is 0.753. The lowest BCUT2D eigenvalue weighted by atomic mass is 10.1. The molecule has 4 heteroatoms. The number of nitrogens with two attached hydrogens (primary N) is 1. The van der Waals surface area contributed by atoms with Crippen molar-refractivity contribution in [2.45, 2.75) is 27.2 Å². The number of benzene rings is 1. The topological polar surface area (TPSA) is 55.9 Å². The van der Waals surface area contributed by atoms with Gasteiger partial charge >= 0.3 is 0 Å². The van der Waals surface area contributed by atoms with Gasteiger partial charge in [0.2, 0.25) is 0 Å². The van der Waals surface area contributed by atoms with Crippen molar-refractivity contribution in [3.05, 3.63) is 35.0 Å². The van der Waals surface area contributed by atoms with E-state index >= 15 is 0 Å². The van der Waals surface area contributed by atoms with Gasteiger partial charge in [0.05, 0.1) is 11.4 Å². The standard InChI is InChI=1S/C14H20N4/c1-5-11-13(15)14(18(4)17-11)16-12-8-9(2)6-7-10(12)3/h6-8,16H,5,15H2,1-4H3. The van der Waals surface area contributed by atoms with Crippen LogP contribution in [-0.4, -0.2) is 9.78 Å². The fourth-order valence-electron chi connectivity index (χ4n) is 2.00. The van der Waals surface area contributed by atoms with E-state index in [2.05, 4.69) is 49.4 Å². The minimum absolute atomic E-state index is 0.737. The Balaban J connectivity index is 2.39. The zero-order chi connectivity index (χ0) is 13.3. The van der Waals surface area contributed by atoms with Crippen molar-refractivity contribution < 1.29 is 0 Å². The Labute approximate surface area is 108 Å². The zero-order valence-electron chi connectivity index (χ0n) is 11.4. The Bertz CT molecular complexity index is 569. The van der Waals surface area contributed by atoms with E-state index in [1.807, 2.05) is 7.05 Å². The highest BCUT2D eigenvalue weighted by Gasteiger charge is 2.12. The fourth-order valence-corrected chi connectivity index (χ4v) is 2.00. The van der Waals surface area contributed by atoms with Gasteiger partial charge < -0.3 is 11.1 Å². The highest BCUT2D eigenvalue weighted by atomic mass is 15.3. The third kappa shape index (κ3) is 2.18. The molecule has 0 radical (unpaired) electrons. The number of nitrogens with one attached hydrogen (secondary N) is 1. The molecule has 0 aliphatic carbocycles. The summed E-state index contributed by atoms with van der Waals surface area (Å²) < 4.78 is 1.80. The number of hydrogen-bond donors (Lipinski definition) is 2.